The second-order valence-corrected chi connectivity index (χ2v) is 11.0. The second kappa shape index (κ2) is 11.4. The lowest BCUT2D eigenvalue weighted by atomic mass is 9.97. The molecule has 1 unspecified atom stereocenters. The van der Waals surface area contributed by atoms with Gasteiger partial charge >= 0.3 is 6.18 Å². The van der Waals surface area contributed by atoms with Crippen LogP contribution in [0.25, 0.3) is 0 Å². The van der Waals surface area contributed by atoms with Crippen LogP contribution in [0, 0.1) is 0 Å². The van der Waals surface area contributed by atoms with E-state index in [1.165, 1.54) is 11.3 Å². The van der Waals surface area contributed by atoms with Crippen LogP contribution in [0.3, 0.4) is 0 Å². The second-order valence-electron chi connectivity index (χ2n) is 8.87. The third kappa shape index (κ3) is 6.40. The minimum Gasteiger partial charge on any atom is -0.467 e. The first kappa shape index (κ1) is 27.9. The molecular weight excluding hydrogens is 602 g/mol. The van der Waals surface area contributed by atoms with Gasteiger partial charge in [0.05, 0.1) is 20.7 Å². The van der Waals surface area contributed by atoms with Gasteiger partial charge in [-0.3, -0.25) is 4.79 Å². The Morgan fingerprint density at radius 1 is 1.13 bits per heavy atom. The van der Waals surface area contributed by atoms with Gasteiger partial charge in [0.2, 0.25) is 5.88 Å². The number of rotatable bonds is 6. The molecule has 0 spiro atoms. The zero-order valence-corrected chi connectivity index (χ0v) is 23.0. The van der Waals surface area contributed by atoms with E-state index >= 15 is 0 Å². The van der Waals surface area contributed by atoms with Gasteiger partial charge in [-0.2, -0.15) is 13.2 Å². The molecule has 1 aromatic carbocycles. The Kier molecular flexibility index (Phi) is 8.18. The van der Waals surface area contributed by atoms with Gasteiger partial charge in [0, 0.05) is 47.5 Å². The minimum atomic E-state index is -4.63. The molecule has 15 heteroatoms. The standard InChI is InChI=1S/C24H19Cl3F3N5O3S/c25-13-5-14(26)22(15(27)6-13)18-7-16(34-38-18)17-10-39-23(33-17)12-1-3-35(4-2-12)21(36)9-37-20-8-19(24(28,29)30)31-11-32-20/h5-6,8,10-12,18H,1-4,7,9H2. The minimum absolute atomic E-state index is 0.156. The highest BCUT2D eigenvalue weighted by atomic mass is 35.5. The highest BCUT2D eigenvalue weighted by Crippen LogP contribution is 2.40. The molecule has 0 bridgehead atoms. The van der Waals surface area contributed by atoms with Crippen LogP contribution < -0.4 is 4.74 Å². The van der Waals surface area contributed by atoms with Gasteiger partial charge in [-0.05, 0) is 25.0 Å². The zero-order valence-electron chi connectivity index (χ0n) is 19.9. The van der Waals surface area contributed by atoms with E-state index in [0.717, 1.165) is 11.3 Å². The van der Waals surface area contributed by atoms with Crippen molar-refractivity contribution in [1.29, 1.82) is 0 Å². The molecule has 8 nitrogen and oxygen atoms in total. The number of likely N-dealkylation sites (tertiary alicyclic amines) is 1. The third-order valence-corrected chi connectivity index (χ3v) is 8.18. The highest BCUT2D eigenvalue weighted by Gasteiger charge is 2.34. The molecule has 39 heavy (non-hydrogen) atoms. The number of ether oxygens (including phenoxy) is 1. The topological polar surface area (TPSA) is 89.8 Å². The van der Waals surface area contributed by atoms with Gasteiger partial charge in [-0.15, -0.1) is 11.3 Å². The van der Waals surface area contributed by atoms with E-state index in [0.29, 0.717) is 70.5 Å². The fourth-order valence-corrected chi connectivity index (χ4v) is 6.39. The largest absolute Gasteiger partial charge is 0.467 e. The number of hydrogen-bond donors (Lipinski definition) is 0. The summed E-state index contributed by atoms with van der Waals surface area (Å²) in [5.74, 6) is -0.482. The number of nitrogens with zero attached hydrogens (tertiary/aromatic N) is 5. The molecule has 5 rings (SSSR count). The van der Waals surface area contributed by atoms with E-state index in [9.17, 15) is 18.0 Å². The van der Waals surface area contributed by atoms with E-state index in [-0.39, 0.29) is 17.7 Å². The number of amides is 1. The van der Waals surface area contributed by atoms with Crippen LogP contribution in [0.2, 0.25) is 15.1 Å². The Morgan fingerprint density at radius 2 is 1.85 bits per heavy atom. The number of thiazole rings is 1. The number of carbonyl (C=O) groups is 1. The molecule has 0 radical (unpaired) electrons. The first-order valence-corrected chi connectivity index (χ1v) is 13.7. The monoisotopic (exact) mass is 619 g/mol. The summed E-state index contributed by atoms with van der Waals surface area (Å²) in [6, 6.07) is 3.88. The third-order valence-electron chi connectivity index (χ3n) is 6.33. The van der Waals surface area contributed by atoms with Gasteiger partial charge in [-0.1, -0.05) is 40.0 Å². The fraction of sp³-hybridized carbons (Fsp3) is 0.375. The molecule has 0 saturated carbocycles. The van der Waals surface area contributed by atoms with Crippen LogP contribution in [0.5, 0.6) is 5.88 Å². The summed E-state index contributed by atoms with van der Waals surface area (Å²) < 4.78 is 43.6. The lowest BCUT2D eigenvalue weighted by Crippen LogP contribution is -2.40. The molecule has 1 fully saturated rings. The molecule has 1 saturated heterocycles. The molecule has 206 valence electrons. The Hall–Kier alpha value is -2.67. The number of halogens is 6. The van der Waals surface area contributed by atoms with Gasteiger partial charge in [0.15, 0.2) is 18.4 Å². The van der Waals surface area contributed by atoms with E-state index in [1.807, 2.05) is 5.38 Å². The molecule has 3 aromatic rings. The number of alkyl halides is 3. The Labute approximate surface area is 239 Å². The molecular formula is C24H19Cl3F3N5O3S. The fourth-order valence-electron chi connectivity index (χ4n) is 4.33. The van der Waals surface area contributed by atoms with E-state index in [1.54, 1.807) is 17.0 Å². The van der Waals surface area contributed by atoms with Crippen LogP contribution in [0.1, 0.15) is 53.2 Å². The van der Waals surface area contributed by atoms with Gasteiger partial charge < -0.3 is 14.5 Å². The predicted octanol–water partition coefficient (Wildman–Crippen LogP) is 6.56. The van der Waals surface area contributed by atoms with Crippen molar-refractivity contribution < 1.29 is 27.5 Å². The number of hydrogen-bond acceptors (Lipinski definition) is 8. The molecule has 2 aromatic heterocycles. The molecule has 2 aliphatic rings. The summed E-state index contributed by atoms with van der Waals surface area (Å²) >= 11 is 20.2. The van der Waals surface area contributed by atoms with Gasteiger partial charge in [0.25, 0.3) is 5.91 Å². The first-order valence-electron chi connectivity index (χ1n) is 11.7. The van der Waals surface area contributed by atoms with Crippen molar-refractivity contribution in [3.05, 3.63) is 66.9 Å². The quantitative estimate of drug-likeness (QED) is 0.310. The smallest absolute Gasteiger partial charge is 0.433 e. The maximum Gasteiger partial charge on any atom is 0.433 e. The van der Waals surface area contributed by atoms with Crippen LogP contribution >= 0.6 is 46.1 Å². The van der Waals surface area contributed by atoms with E-state index in [4.69, 9.17) is 49.4 Å². The summed E-state index contributed by atoms with van der Waals surface area (Å²) in [5, 5.41) is 8.30. The van der Waals surface area contributed by atoms with Crippen molar-refractivity contribution in [3.8, 4) is 5.88 Å². The van der Waals surface area contributed by atoms with Gasteiger partial charge in [0.1, 0.15) is 12.0 Å². The number of carbonyl (C=O) groups excluding carboxylic acids is 1. The maximum atomic E-state index is 12.8. The van der Waals surface area contributed by atoms with Crippen molar-refractivity contribution in [2.75, 3.05) is 19.7 Å². The summed E-state index contributed by atoms with van der Waals surface area (Å²) in [4.78, 5) is 31.4. The normalized spacial score (nSPS) is 18.2. The predicted molar refractivity (Wildman–Crippen MR) is 140 cm³/mol. The summed E-state index contributed by atoms with van der Waals surface area (Å²) in [7, 11) is 0. The number of oxime groups is 1. The van der Waals surface area contributed by atoms with Crippen molar-refractivity contribution in [2.45, 2.75) is 37.5 Å². The van der Waals surface area contributed by atoms with Crippen LogP contribution in [0.4, 0.5) is 13.2 Å². The molecule has 1 amide bonds. The molecule has 1 atom stereocenters. The number of aromatic nitrogens is 3. The average Bonchev–Trinajstić information content (AvgIpc) is 3.57. The van der Waals surface area contributed by atoms with Crippen molar-refractivity contribution in [2.24, 2.45) is 5.16 Å². The Morgan fingerprint density at radius 3 is 2.54 bits per heavy atom. The van der Waals surface area contributed by atoms with E-state index < -0.39 is 24.6 Å². The average molecular weight is 621 g/mol. The van der Waals surface area contributed by atoms with Crippen LogP contribution in [-0.4, -0.2) is 51.2 Å². The Balaban J connectivity index is 1.13. The molecule has 0 aliphatic carbocycles. The van der Waals surface area contributed by atoms with Crippen molar-refractivity contribution in [1.82, 2.24) is 19.9 Å². The number of benzene rings is 1. The SMILES string of the molecule is O=C(COc1cc(C(F)(F)F)ncn1)N1CCC(c2nc(C3=NOC(c4c(Cl)cc(Cl)cc4Cl)C3)cs2)CC1. The maximum absolute atomic E-state index is 12.8. The highest BCUT2D eigenvalue weighted by molar-refractivity contribution is 7.10. The Bertz CT molecular complexity index is 1390. The molecule has 2 aliphatic heterocycles. The molecule has 4 heterocycles. The van der Waals surface area contributed by atoms with Crippen LogP contribution in [-0.2, 0) is 15.8 Å². The summed E-state index contributed by atoms with van der Waals surface area (Å²) in [5.41, 5.74) is 0.895. The first-order chi connectivity index (χ1) is 18.6. The van der Waals surface area contributed by atoms with Gasteiger partial charge in [-0.25, -0.2) is 15.0 Å². The lowest BCUT2D eigenvalue weighted by Gasteiger charge is -2.31. The van der Waals surface area contributed by atoms with Crippen LogP contribution in [0.15, 0.2) is 35.1 Å². The van der Waals surface area contributed by atoms with E-state index in [2.05, 4.69) is 15.1 Å². The zero-order chi connectivity index (χ0) is 27.7. The van der Waals surface area contributed by atoms with Crippen molar-refractivity contribution in [3.63, 3.8) is 0 Å². The lowest BCUT2D eigenvalue weighted by molar-refractivity contribution is -0.141. The van der Waals surface area contributed by atoms with Crippen molar-refractivity contribution >= 4 is 57.8 Å². The molecule has 0 N–H and O–H groups in total. The number of piperidine rings is 1. The summed E-state index contributed by atoms with van der Waals surface area (Å²) in [6.45, 7) is 0.529. The summed E-state index contributed by atoms with van der Waals surface area (Å²) in [6.07, 6.45) is -2.49.